The number of rotatable bonds is 11. The lowest BCUT2D eigenvalue weighted by Crippen LogP contribution is -2.14. The van der Waals surface area contributed by atoms with Gasteiger partial charge in [-0.1, -0.05) is 65.9 Å². The number of alkyl halides is 1. The van der Waals surface area contributed by atoms with Crippen LogP contribution in [0, 0.1) is 0 Å². The summed E-state index contributed by atoms with van der Waals surface area (Å²) in [5.41, 5.74) is 0.988. The van der Waals surface area contributed by atoms with Gasteiger partial charge >= 0.3 is 5.97 Å². The first-order chi connectivity index (χ1) is 12.7. The molecule has 0 amide bonds. The summed E-state index contributed by atoms with van der Waals surface area (Å²) >= 11 is 3.45. The van der Waals surface area contributed by atoms with Crippen LogP contribution >= 0.6 is 15.9 Å². The summed E-state index contributed by atoms with van der Waals surface area (Å²) in [6.45, 7) is 2.43. The molecule has 0 radical (unpaired) electrons. The first kappa shape index (κ1) is 20.8. The molecular weight excluding hydrogens is 392 g/mol. The quantitative estimate of drug-likeness (QED) is 0.245. The van der Waals surface area contributed by atoms with Gasteiger partial charge < -0.3 is 9.47 Å². The van der Waals surface area contributed by atoms with Gasteiger partial charge in [-0.25, -0.2) is 0 Å². The van der Waals surface area contributed by atoms with Crippen molar-refractivity contribution >= 4 is 32.7 Å². The van der Waals surface area contributed by atoms with E-state index in [1.54, 1.807) is 7.11 Å². The average Bonchev–Trinajstić information content (AvgIpc) is 2.68. The molecule has 0 aliphatic heterocycles. The second kappa shape index (κ2) is 11.2. The topological polar surface area (TPSA) is 35.5 Å². The number of carbonyl (C=O) groups excluding carboxylic acids is 1. The number of hydrogen-bond donors (Lipinski definition) is 0. The normalized spacial score (nSPS) is 12.1. The Morgan fingerprint density at radius 2 is 1.62 bits per heavy atom. The van der Waals surface area contributed by atoms with Gasteiger partial charge in [-0.2, -0.15) is 0 Å². The largest absolute Gasteiger partial charge is 0.497 e. The Balaban J connectivity index is 1.79. The van der Waals surface area contributed by atoms with Gasteiger partial charge in [-0.05, 0) is 48.2 Å². The minimum absolute atomic E-state index is 0.142. The van der Waals surface area contributed by atoms with Crippen LogP contribution in [0.1, 0.15) is 56.9 Å². The second-order valence-electron chi connectivity index (χ2n) is 6.67. The Morgan fingerprint density at radius 3 is 2.35 bits per heavy atom. The summed E-state index contributed by atoms with van der Waals surface area (Å²) in [6.07, 6.45) is 7.07. The average molecular weight is 421 g/mol. The van der Waals surface area contributed by atoms with E-state index < -0.39 is 0 Å². The van der Waals surface area contributed by atoms with E-state index in [0.29, 0.717) is 6.61 Å². The van der Waals surface area contributed by atoms with Crippen LogP contribution in [-0.4, -0.2) is 25.0 Å². The van der Waals surface area contributed by atoms with Crippen molar-refractivity contribution in [3.63, 3.8) is 0 Å². The zero-order valence-electron chi connectivity index (χ0n) is 15.8. The van der Waals surface area contributed by atoms with Gasteiger partial charge in [-0.3, -0.25) is 4.79 Å². The van der Waals surface area contributed by atoms with Gasteiger partial charge in [0.1, 0.15) is 5.75 Å². The molecule has 3 nitrogen and oxygen atoms in total. The summed E-state index contributed by atoms with van der Waals surface area (Å²) < 4.78 is 10.7. The number of hydrogen-bond acceptors (Lipinski definition) is 3. The first-order valence-electron chi connectivity index (χ1n) is 9.46. The fraction of sp³-hybridized carbons (Fsp3) is 0.500. The van der Waals surface area contributed by atoms with Crippen molar-refractivity contribution in [2.24, 2.45) is 0 Å². The maximum absolute atomic E-state index is 12.3. The predicted molar refractivity (Wildman–Crippen MR) is 111 cm³/mol. The number of methoxy groups -OCH3 is 1. The molecule has 0 unspecified atom stereocenters. The molecule has 0 fully saturated rings. The van der Waals surface area contributed by atoms with Gasteiger partial charge in [0, 0.05) is 5.33 Å². The second-order valence-corrected chi connectivity index (χ2v) is 7.47. The van der Waals surface area contributed by atoms with Crippen molar-refractivity contribution < 1.29 is 14.3 Å². The summed E-state index contributed by atoms with van der Waals surface area (Å²) in [4.78, 5) is 12.3. The molecule has 2 aromatic carbocycles. The van der Waals surface area contributed by atoms with Gasteiger partial charge in [0.25, 0.3) is 0 Å². The zero-order valence-corrected chi connectivity index (χ0v) is 17.4. The van der Waals surface area contributed by atoms with Crippen molar-refractivity contribution in [1.29, 1.82) is 0 Å². The van der Waals surface area contributed by atoms with E-state index in [1.807, 2.05) is 37.3 Å². The maximum Gasteiger partial charge on any atom is 0.313 e. The van der Waals surface area contributed by atoms with Crippen LogP contribution in [0.5, 0.6) is 5.75 Å². The van der Waals surface area contributed by atoms with Gasteiger partial charge in [0.05, 0.1) is 19.6 Å². The van der Waals surface area contributed by atoms with Crippen LogP contribution in [0.15, 0.2) is 36.4 Å². The van der Waals surface area contributed by atoms with Crippen LogP contribution in [-0.2, 0) is 9.53 Å². The highest BCUT2D eigenvalue weighted by atomic mass is 79.9. The van der Waals surface area contributed by atoms with Crippen molar-refractivity contribution in [1.82, 2.24) is 0 Å². The maximum atomic E-state index is 12.3. The van der Waals surface area contributed by atoms with Gasteiger partial charge in [0.15, 0.2) is 0 Å². The summed E-state index contributed by atoms with van der Waals surface area (Å²) in [5.74, 6) is 0.447. The monoisotopic (exact) mass is 420 g/mol. The standard InChI is InChI=1S/C22H29BrO3/c1-17(22(24)26-14-8-6-4-3-5-7-13-23)18-9-10-20-16-21(25-2)12-11-19(20)15-18/h9-12,15-17H,3-8,13-14H2,1-2H3/t17-/m0/s1. The van der Waals surface area contributed by atoms with Crippen LogP contribution in [0.2, 0.25) is 0 Å². The number of benzene rings is 2. The number of halogens is 1. The van der Waals surface area contributed by atoms with E-state index in [9.17, 15) is 4.79 Å². The Morgan fingerprint density at radius 1 is 0.962 bits per heavy atom. The molecule has 0 saturated heterocycles. The van der Waals surface area contributed by atoms with Crippen molar-refractivity contribution in [3.8, 4) is 5.75 Å². The van der Waals surface area contributed by atoms with E-state index in [0.717, 1.165) is 40.3 Å². The van der Waals surface area contributed by atoms with Crippen LogP contribution in [0.4, 0.5) is 0 Å². The molecule has 0 aliphatic rings. The third kappa shape index (κ3) is 6.31. The van der Waals surface area contributed by atoms with E-state index in [-0.39, 0.29) is 11.9 Å². The van der Waals surface area contributed by atoms with Crippen molar-refractivity contribution in [2.45, 2.75) is 51.4 Å². The van der Waals surface area contributed by atoms with Crippen molar-refractivity contribution in [2.75, 3.05) is 19.0 Å². The molecule has 0 aliphatic carbocycles. The summed E-state index contributed by atoms with van der Waals surface area (Å²) in [6, 6.07) is 12.0. The molecule has 2 aromatic rings. The lowest BCUT2D eigenvalue weighted by molar-refractivity contribution is -0.145. The van der Waals surface area contributed by atoms with Crippen molar-refractivity contribution in [3.05, 3.63) is 42.0 Å². The molecule has 142 valence electrons. The number of fused-ring (bicyclic) bond motifs is 1. The Kier molecular flexibility index (Phi) is 8.96. The highest BCUT2D eigenvalue weighted by molar-refractivity contribution is 9.09. The molecule has 0 bridgehead atoms. The predicted octanol–water partition coefficient (Wildman–Crippen LogP) is 6.23. The number of ether oxygens (including phenoxy) is 2. The Labute approximate surface area is 165 Å². The fourth-order valence-electron chi connectivity index (χ4n) is 2.98. The smallest absolute Gasteiger partial charge is 0.313 e. The van der Waals surface area contributed by atoms with Gasteiger partial charge in [0.2, 0.25) is 0 Å². The lowest BCUT2D eigenvalue weighted by atomic mass is 9.98. The molecule has 0 N–H and O–H groups in total. The van der Waals surface area contributed by atoms with Gasteiger partial charge in [-0.15, -0.1) is 0 Å². The summed E-state index contributed by atoms with van der Waals surface area (Å²) in [5, 5.41) is 3.30. The molecule has 0 heterocycles. The number of esters is 1. The van der Waals surface area contributed by atoms with E-state index >= 15 is 0 Å². The van der Waals surface area contributed by atoms with Crippen LogP contribution in [0.3, 0.4) is 0 Å². The molecule has 0 aromatic heterocycles. The molecule has 26 heavy (non-hydrogen) atoms. The third-order valence-electron chi connectivity index (χ3n) is 4.70. The molecular formula is C22H29BrO3. The summed E-state index contributed by atoms with van der Waals surface area (Å²) in [7, 11) is 1.66. The Bertz CT molecular complexity index is 699. The third-order valence-corrected chi connectivity index (χ3v) is 5.26. The highest BCUT2D eigenvalue weighted by Gasteiger charge is 2.17. The minimum Gasteiger partial charge on any atom is -0.497 e. The van der Waals surface area contributed by atoms with E-state index in [2.05, 4.69) is 22.0 Å². The lowest BCUT2D eigenvalue weighted by Gasteiger charge is -2.13. The van der Waals surface area contributed by atoms with E-state index in [1.165, 1.54) is 25.7 Å². The van der Waals surface area contributed by atoms with Crippen LogP contribution in [0.25, 0.3) is 10.8 Å². The minimum atomic E-state index is -0.250. The number of unbranched alkanes of at least 4 members (excludes halogenated alkanes) is 5. The molecule has 0 saturated carbocycles. The Hall–Kier alpha value is -1.55. The van der Waals surface area contributed by atoms with Crippen LogP contribution < -0.4 is 4.74 Å². The highest BCUT2D eigenvalue weighted by Crippen LogP contribution is 2.25. The molecule has 1 atom stereocenters. The first-order valence-corrected chi connectivity index (χ1v) is 10.6. The molecule has 0 spiro atoms. The zero-order chi connectivity index (χ0) is 18.8. The fourth-order valence-corrected chi connectivity index (χ4v) is 3.37. The molecule has 2 rings (SSSR count). The molecule has 4 heteroatoms. The number of carbonyl (C=O) groups is 1. The SMILES string of the molecule is COc1ccc2cc([C@H](C)C(=O)OCCCCCCCCBr)ccc2c1. The van der Waals surface area contributed by atoms with E-state index in [4.69, 9.17) is 9.47 Å².